The van der Waals surface area contributed by atoms with Gasteiger partial charge in [0.05, 0.1) is 7.14 Å². The van der Waals surface area contributed by atoms with E-state index in [-0.39, 0.29) is 18.4 Å². The van der Waals surface area contributed by atoms with E-state index < -0.39 is 0 Å². The van der Waals surface area contributed by atoms with Gasteiger partial charge in [0.25, 0.3) is 0 Å². The fraction of sp³-hybridized carbons (Fsp3) is 0.500. The van der Waals surface area contributed by atoms with E-state index in [0.29, 0.717) is 11.7 Å². The van der Waals surface area contributed by atoms with Crippen LogP contribution in [-0.2, 0) is 0 Å². The molecule has 0 amide bonds. The molecular weight excluding hydrogens is 463 g/mol. The Bertz CT molecular complexity index is 349. The standard InChI is InChI=1S/C12H17I2NO.ClH/c1-7(2)3-4-11(15)8-5-9(13)12(16)10(14)6-8;/h5-7,11,16H,3-4,15H2,1-2H3;1H/t11-;/m1./s1. The summed E-state index contributed by atoms with van der Waals surface area (Å²) in [5.74, 6) is 1.04. The molecular formula is C12H18ClI2NO. The molecule has 0 aliphatic heterocycles. The van der Waals surface area contributed by atoms with Crippen molar-refractivity contribution >= 4 is 57.6 Å². The molecule has 0 radical (unpaired) electrons. The van der Waals surface area contributed by atoms with Crippen LogP contribution in [0.2, 0.25) is 0 Å². The van der Waals surface area contributed by atoms with Gasteiger partial charge in [-0.1, -0.05) is 13.8 Å². The van der Waals surface area contributed by atoms with Crippen molar-refractivity contribution in [1.29, 1.82) is 0 Å². The molecule has 0 fully saturated rings. The zero-order valence-corrected chi connectivity index (χ0v) is 15.0. The first-order chi connectivity index (χ1) is 7.41. The maximum absolute atomic E-state index is 9.67. The third kappa shape index (κ3) is 5.48. The van der Waals surface area contributed by atoms with Crippen LogP contribution in [-0.4, -0.2) is 5.11 Å². The van der Waals surface area contributed by atoms with Crippen LogP contribution in [0.3, 0.4) is 0 Å². The summed E-state index contributed by atoms with van der Waals surface area (Å²) >= 11 is 4.28. The number of nitrogens with two attached hydrogens (primary N) is 1. The molecule has 1 aromatic carbocycles. The molecule has 5 heteroatoms. The molecule has 0 aliphatic carbocycles. The minimum Gasteiger partial charge on any atom is -0.506 e. The van der Waals surface area contributed by atoms with Crippen LogP contribution in [0.5, 0.6) is 5.75 Å². The van der Waals surface area contributed by atoms with Gasteiger partial charge in [0.2, 0.25) is 0 Å². The van der Waals surface area contributed by atoms with Gasteiger partial charge in [-0.2, -0.15) is 0 Å². The second-order valence-electron chi connectivity index (χ2n) is 4.41. The minimum atomic E-state index is 0. The van der Waals surface area contributed by atoms with Crippen LogP contribution in [0.4, 0.5) is 0 Å². The highest BCUT2D eigenvalue weighted by molar-refractivity contribution is 14.1. The van der Waals surface area contributed by atoms with E-state index in [4.69, 9.17) is 5.73 Å². The summed E-state index contributed by atoms with van der Waals surface area (Å²) in [5.41, 5.74) is 7.26. The number of hydrogen-bond acceptors (Lipinski definition) is 2. The first-order valence-corrected chi connectivity index (χ1v) is 7.51. The number of hydrogen-bond donors (Lipinski definition) is 2. The monoisotopic (exact) mass is 481 g/mol. The molecule has 0 spiro atoms. The van der Waals surface area contributed by atoms with Gasteiger partial charge >= 0.3 is 0 Å². The SMILES string of the molecule is CC(C)CC[C@@H](N)c1cc(I)c(O)c(I)c1.Cl. The number of phenolic OH excluding ortho intramolecular Hbond substituents is 1. The molecule has 0 unspecified atom stereocenters. The van der Waals surface area contributed by atoms with Crippen molar-refractivity contribution in [2.75, 3.05) is 0 Å². The first-order valence-electron chi connectivity index (χ1n) is 5.35. The predicted octanol–water partition coefficient (Wildman–Crippen LogP) is 4.46. The first kappa shape index (κ1) is 17.7. The molecule has 0 saturated heterocycles. The maximum Gasteiger partial charge on any atom is 0.142 e. The molecule has 98 valence electrons. The number of halogens is 3. The molecule has 0 aliphatic rings. The molecule has 17 heavy (non-hydrogen) atoms. The lowest BCUT2D eigenvalue weighted by molar-refractivity contribution is 0.466. The Morgan fingerprint density at radius 2 is 1.65 bits per heavy atom. The smallest absolute Gasteiger partial charge is 0.142 e. The van der Waals surface area contributed by atoms with Gasteiger partial charge in [-0.05, 0) is 81.6 Å². The summed E-state index contributed by atoms with van der Waals surface area (Å²) in [5, 5.41) is 9.67. The van der Waals surface area contributed by atoms with Crippen molar-refractivity contribution in [3.05, 3.63) is 24.8 Å². The van der Waals surface area contributed by atoms with Crippen LogP contribution >= 0.6 is 57.6 Å². The lowest BCUT2D eigenvalue weighted by atomic mass is 9.98. The summed E-state index contributed by atoms with van der Waals surface area (Å²) in [7, 11) is 0. The van der Waals surface area contributed by atoms with Crippen molar-refractivity contribution in [3.63, 3.8) is 0 Å². The van der Waals surface area contributed by atoms with E-state index in [1.54, 1.807) is 0 Å². The average Bonchev–Trinajstić information content (AvgIpc) is 2.21. The van der Waals surface area contributed by atoms with Crippen LogP contribution in [0.25, 0.3) is 0 Å². The van der Waals surface area contributed by atoms with Crippen molar-refractivity contribution in [1.82, 2.24) is 0 Å². The second-order valence-corrected chi connectivity index (χ2v) is 6.74. The number of benzene rings is 1. The van der Waals surface area contributed by atoms with E-state index in [0.717, 1.165) is 25.5 Å². The van der Waals surface area contributed by atoms with Gasteiger partial charge in [0.1, 0.15) is 5.75 Å². The van der Waals surface area contributed by atoms with E-state index in [2.05, 4.69) is 59.0 Å². The highest BCUT2D eigenvalue weighted by atomic mass is 127. The van der Waals surface area contributed by atoms with Crippen molar-refractivity contribution in [2.45, 2.75) is 32.7 Å². The third-order valence-electron chi connectivity index (χ3n) is 2.52. The predicted molar refractivity (Wildman–Crippen MR) is 91.8 cm³/mol. The lowest BCUT2D eigenvalue weighted by Crippen LogP contribution is -2.11. The van der Waals surface area contributed by atoms with Gasteiger partial charge in [-0.25, -0.2) is 0 Å². The molecule has 1 rings (SSSR count). The molecule has 0 saturated carbocycles. The molecule has 3 N–H and O–H groups in total. The number of phenols is 1. The Labute approximate surface area is 136 Å². The van der Waals surface area contributed by atoms with E-state index >= 15 is 0 Å². The Balaban J connectivity index is 0.00000256. The fourth-order valence-electron chi connectivity index (χ4n) is 1.48. The molecule has 0 aromatic heterocycles. The van der Waals surface area contributed by atoms with Gasteiger partial charge in [-0.3, -0.25) is 0 Å². The quantitative estimate of drug-likeness (QED) is 0.624. The third-order valence-corrected chi connectivity index (χ3v) is 4.17. The molecule has 0 heterocycles. The highest BCUT2D eigenvalue weighted by Gasteiger charge is 2.11. The van der Waals surface area contributed by atoms with Crippen LogP contribution < -0.4 is 5.73 Å². The Morgan fingerprint density at radius 3 is 2.06 bits per heavy atom. The average molecular weight is 482 g/mol. The maximum atomic E-state index is 9.67. The minimum absolute atomic E-state index is 0. The Kier molecular flexibility index (Phi) is 8.36. The molecule has 2 nitrogen and oxygen atoms in total. The Morgan fingerprint density at radius 1 is 1.18 bits per heavy atom. The van der Waals surface area contributed by atoms with Crippen molar-refractivity contribution in [3.8, 4) is 5.75 Å². The van der Waals surface area contributed by atoms with Crippen LogP contribution in [0, 0.1) is 13.1 Å². The fourth-order valence-corrected chi connectivity index (χ4v) is 3.30. The van der Waals surface area contributed by atoms with E-state index in [9.17, 15) is 5.11 Å². The largest absolute Gasteiger partial charge is 0.506 e. The van der Waals surface area contributed by atoms with Gasteiger partial charge in [0, 0.05) is 6.04 Å². The number of rotatable bonds is 4. The molecule has 1 atom stereocenters. The van der Waals surface area contributed by atoms with Crippen LogP contribution in [0.15, 0.2) is 12.1 Å². The lowest BCUT2D eigenvalue weighted by Gasteiger charge is -2.15. The Hall–Kier alpha value is 0.730. The summed E-state index contributed by atoms with van der Waals surface area (Å²) in [4.78, 5) is 0. The van der Waals surface area contributed by atoms with Gasteiger partial charge in [0.15, 0.2) is 0 Å². The van der Waals surface area contributed by atoms with Gasteiger partial charge < -0.3 is 10.8 Å². The second kappa shape index (κ2) is 8.01. The van der Waals surface area contributed by atoms with Crippen molar-refractivity contribution in [2.24, 2.45) is 11.7 Å². The zero-order valence-electron chi connectivity index (χ0n) is 9.91. The van der Waals surface area contributed by atoms with E-state index in [1.807, 2.05) is 12.1 Å². The summed E-state index contributed by atoms with van der Waals surface area (Å²) in [6.45, 7) is 4.41. The number of aromatic hydroxyl groups is 1. The van der Waals surface area contributed by atoms with E-state index in [1.165, 1.54) is 0 Å². The topological polar surface area (TPSA) is 46.2 Å². The molecule has 1 aromatic rings. The summed E-state index contributed by atoms with van der Waals surface area (Å²) in [6.07, 6.45) is 2.13. The highest BCUT2D eigenvalue weighted by Crippen LogP contribution is 2.30. The van der Waals surface area contributed by atoms with Crippen LogP contribution in [0.1, 0.15) is 38.3 Å². The molecule has 0 bridgehead atoms. The normalized spacial score (nSPS) is 12.4. The zero-order chi connectivity index (χ0) is 12.3. The summed E-state index contributed by atoms with van der Waals surface area (Å²) < 4.78 is 1.75. The summed E-state index contributed by atoms with van der Waals surface area (Å²) in [6, 6.07) is 4.02. The van der Waals surface area contributed by atoms with Crippen molar-refractivity contribution < 1.29 is 5.11 Å². The van der Waals surface area contributed by atoms with Gasteiger partial charge in [-0.15, -0.1) is 12.4 Å².